The van der Waals surface area contributed by atoms with Gasteiger partial charge in [-0.1, -0.05) is 24.6 Å². The Morgan fingerprint density at radius 1 is 1.42 bits per heavy atom. The molecule has 0 aliphatic heterocycles. The molecule has 2 nitrogen and oxygen atoms in total. The molecule has 5 heteroatoms. The smallest absolute Gasteiger partial charge is 0.133 e. The zero-order valence-electron chi connectivity index (χ0n) is 10.7. The van der Waals surface area contributed by atoms with Crippen LogP contribution in [0.1, 0.15) is 23.4 Å². The van der Waals surface area contributed by atoms with Crippen LogP contribution in [0, 0.1) is 0 Å². The van der Waals surface area contributed by atoms with Crippen LogP contribution < -0.4 is 10.1 Å². The van der Waals surface area contributed by atoms with Crippen molar-refractivity contribution < 1.29 is 4.74 Å². The second-order valence-corrected chi connectivity index (χ2v) is 6.23. The van der Waals surface area contributed by atoms with Crippen LogP contribution in [0.25, 0.3) is 0 Å². The van der Waals surface area contributed by atoms with E-state index in [-0.39, 0.29) is 6.04 Å². The molecule has 0 saturated heterocycles. The Balaban J connectivity index is 2.39. The number of hydrogen-bond donors (Lipinski definition) is 1. The van der Waals surface area contributed by atoms with Crippen LogP contribution in [0.4, 0.5) is 0 Å². The van der Waals surface area contributed by atoms with Crippen molar-refractivity contribution in [3.8, 4) is 5.75 Å². The second kappa shape index (κ2) is 6.75. The number of ether oxygens (including phenoxy) is 1. The average molecular weight is 361 g/mol. The van der Waals surface area contributed by atoms with Crippen molar-refractivity contribution in [2.24, 2.45) is 0 Å². The molecule has 0 amide bonds. The fraction of sp³-hybridized carbons (Fsp3) is 0.286. The molecule has 102 valence electrons. The molecule has 0 bridgehead atoms. The minimum absolute atomic E-state index is 0.111. The van der Waals surface area contributed by atoms with Crippen molar-refractivity contribution >= 4 is 38.9 Å². The van der Waals surface area contributed by atoms with Gasteiger partial charge in [0.05, 0.1) is 22.6 Å². The van der Waals surface area contributed by atoms with Crippen LogP contribution in [0.5, 0.6) is 5.75 Å². The summed E-state index contributed by atoms with van der Waals surface area (Å²) in [5.74, 6) is 0.830. The number of rotatable bonds is 5. The first kappa shape index (κ1) is 14.9. The number of methoxy groups -OCH3 is 1. The summed E-state index contributed by atoms with van der Waals surface area (Å²) in [4.78, 5) is 1.14. The first-order chi connectivity index (χ1) is 9.17. The topological polar surface area (TPSA) is 21.3 Å². The number of hydrogen-bond acceptors (Lipinski definition) is 3. The minimum Gasteiger partial charge on any atom is -0.496 e. The highest BCUT2D eigenvalue weighted by Gasteiger charge is 2.18. The van der Waals surface area contributed by atoms with Crippen LogP contribution in [0.3, 0.4) is 0 Å². The van der Waals surface area contributed by atoms with Crippen LogP contribution in [0.15, 0.2) is 34.1 Å². The molecular weight excluding hydrogens is 346 g/mol. The van der Waals surface area contributed by atoms with E-state index < -0.39 is 0 Å². The van der Waals surface area contributed by atoms with Gasteiger partial charge in [0.15, 0.2) is 0 Å². The first-order valence-corrected chi connectivity index (χ1v) is 8.02. The number of thiophene rings is 1. The zero-order chi connectivity index (χ0) is 13.8. The summed E-state index contributed by atoms with van der Waals surface area (Å²) < 4.78 is 6.21. The predicted molar refractivity (Wildman–Crippen MR) is 85.5 cm³/mol. The van der Waals surface area contributed by atoms with E-state index in [0.29, 0.717) is 0 Å². The third-order valence-corrected chi connectivity index (χ3v) is 4.87. The van der Waals surface area contributed by atoms with Gasteiger partial charge in [0.2, 0.25) is 0 Å². The Labute approximate surface area is 130 Å². The zero-order valence-corrected chi connectivity index (χ0v) is 13.9. The van der Waals surface area contributed by atoms with Crippen molar-refractivity contribution in [3.63, 3.8) is 0 Å². The number of nitrogens with one attached hydrogen (secondary N) is 1. The highest BCUT2D eigenvalue weighted by atomic mass is 79.9. The van der Waals surface area contributed by atoms with Gasteiger partial charge in [0.25, 0.3) is 0 Å². The molecule has 2 aromatic rings. The third-order valence-electron chi connectivity index (χ3n) is 2.82. The van der Waals surface area contributed by atoms with Crippen molar-refractivity contribution in [2.45, 2.75) is 13.0 Å². The van der Waals surface area contributed by atoms with Gasteiger partial charge in [-0.25, -0.2) is 0 Å². The molecule has 19 heavy (non-hydrogen) atoms. The molecule has 0 spiro atoms. The summed E-state index contributed by atoms with van der Waals surface area (Å²) in [5, 5.41) is 6.29. The van der Waals surface area contributed by atoms with E-state index >= 15 is 0 Å². The van der Waals surface area contributed by atoms with Crippen molar-refractivity contribution in [1.82, 2.24) is 5.32 Å². The Morgan fingerprint density at radius 2 is 2.21 bits per heavy atom. The van der Waals surface area contributed by atoms with Crippen LogP contribution in [0.2, 0.25) is 5.02 Å². The lowest BCUT2D eigenvalue weighted by Crippen LogP contribution is -2.21. The van der Waals surface area contributed by atoms with Gasteiger partial charge < -0.3 is 10.1 Å². The normalized spacial score (nSPS) is 12.4. The van der Waals surface area contributed by atoms with Gasteiger partial charge in [0, 0.05) is 4.88 Å². The molecule has 0 aliphatic rings. The monoisotopic (exact) mass is 359 g/mol. The summed E-state index contributed by atoms with van der Waals surface area (Å²) in [5.41, 5.74) is 1.17. The highest BCUT2D eigenvalue weighted by Crippen LogP contribution is 2.35. The first-order valence-electron chi connectivity index (χ1n) is 5.97. The van der Waals surface area contributed by atoms with E-state index in [4.69, 9.17) is 16.3 Å². The Morgan fingerprint density at radius 3 is 2.74 bits per heavy atom. The quantitative estimate of drug-likeness (QED) is 0.821. The van der Waals surface area contributed by atoms with Gasteiger partial charge in [-0.05, 0) is 51.6 Å². The lowest BCUT2D eigenvalue weighted by Gasteiger charge is -2.18. The standard InChI is InChI=1S/C14H15BrClNOS/c1-3-17-13(14-11(16)6-7-19-14)9-4-5-12(18-2)10(15)8-9/h4-8,13,17H,3H2,1-2H3. The molecule has 1 aromatic carbocycles. The Bertz CT molecular complexity index is 558. The Kier molecular flexibility index (Phi) is 5.28. The van der Waals surface area contributed by atoms with Gasteiger partial charge in [-0.2, -0.15) is 0 Å². The molecule has 2 rings (SSSR count). The van der Waals surface area contributed by atoms with E-state index in [0.717, 1.165) is 26.7 Å². The Hall–Kier alpha value is -0.550. The molecule has 0 aliphatic carbocycles. The van der Waals surface area contributed by atoms with Gasteiger partial charge in [-0.15, -0.1) is 11.3 Å². The molecule has 1 N–H and O–H groups in total. The van der Waals surface area contributed by atoms with E-state index in [1.165, 1.54) is 5.56 Å². The summed E-state index contributed by atoms with van der Waals surface area (Å²) >= 11 is 11.4. The summed E-state index contributed by atoms with van der Waals surface area (Å²) in [7, 11) is 1.66. The SMILES string of the molecule is CCNC(c1ccc(OC)c(Br)c1)c1sccc1Cl. The maximum Gasteiger partial charge on any atom is 0.133 e. The summed E-state index contributed by atoms with van der Waals surface area (Å²) in [6, 6.07) is 8.14. The third kappa shape index (κ3) is 3.31. The average Bonchev–Trinajstić information content (AvgIpc) is 2.82. The van der Waals surface area contributed by atoms with Crippen LogP contribution in [-0.4, -0.2) is 13.7 Å². The predicted octanol–water partition coefficient (Wildman–Crippen LogP) is 4.87. The van der Waals surface area contributed by atoms with Gasteiger partial charge in [0.1, 0.15) is 5.75 Å². The fourth-order valence-electron chi connectivity index (χ4n) is 1.94. The molecule has 1 atom stereocenters. The fourth-order valence-corrected chi connectivity index (χ4v) is 3.77. The lowest BCUT2D eigenvalue weighted by atomic mass is 10.1. The largest absolute Gasteiger partial charge is 0.496 e. The van der Waals surface area contributed by atoms with Crippen molar-refractivity contribution in [2.75, 3.05) is 13.7 Å². The van der Waals surface area contributed by atoms with E-state index in [1.807, 2.05) is 17.5 Å². The number of benzene rings is 1. The summed E-state index contributed by atoms with van der Waals surface area (Å²) in [6.07, 6.45) is 0. The lowest BCUT2D eigenvalue weighted by molar-refractivity contribution is 0.412. The molecule has 1 aromatic heterocycles. The molecular formula is C14H15BrClNOS. The minimum atomic E-state index is 0.111. The van der Waals surface area contributed by atoms with E-state index in [9.17, 15) is 0 Å². The molecule has 0 fully saturated rings. The van der Waals surface area contributed by atoms with Crippen LogP contribution in [-0.2, 0) is 0 Å². The van der Waals surface area contributed by atoms with Crippen molar-refractivity contribution in [3.05, 3.63) is 49.6 Å². The van der Waals surface area contributed by atoms with Gasteiger partial charge >= 0.3 is 0 Å². The molecule has 1 unspecified atom stereocenters. The maximum absolute atomic E-state index is 6.25. The highest BCUT2D eigenvalue weighted by molar-refractivity contribution is 9.10. The number of halogens is 2. The molecule has 1 heterocycles. The summed E-state index contributed by atoms with van der Waals surface area (Å²) in [6.45, 7) is 2.97. The van der Waals surface area contributed by atoms with E-state index in [2.05, 4.69) is 40.3 Å². The molecule has 0 radical (unpaired) electrons. The maximum atomic E-state index is 6.25. The van der Waals surface area contributed by atoms with Gasteiger partial charge in [-0.3, -0.25) is 0 Å². The van der Waals surface area contributed by atoms with E-state index in [1.54, 1.807) is 18.4 Å². The molecule has 0 saturated carbocycles. The van der Waals surface area contributed by atoms with Crippen molar-refractivity contribution in [1.29, 1.82) is 0 Å². The van der Waals surface area contributed by atoms with Crippen LogP contribution >= 0.6 is 38.9 Å². The second-order valence-electron chi connectivity index (χ2n) is 4.02.